The third-order valence-electron chi connectivity index (χ3n) is 6.97. The monoisotopic (exact) mass is 651 g/mol. The van der Waals surface area contributed by atoms with E-state index >= 15 is 0 Å². The van der Waals surface area contributed by atoms with E-state index in [-0.39, 0.29) is 29.8 Å². The molecule has 4 rings (SSSR count). The van der Waals surface area contributed by atoms with Crippen molar-refractivity contribution >= 4 is 50.7 Å². The second-order valence-electron chi connectivity index (χ2n) is 10.8. The first-order valence-electron chi connectivity index (χ1n) is 14.2. The molecule has 0 saturated carbocycles. The molecule has 2 amide bonds. The number of sulfonamides is 1. The van der Waals surface area contributed by atoms with Crippen molar-refractivity contribution in [1.82, 2.24) is 10.2 Å². The molecule has 0 bridgehead atoms. The number of carbonyl (C=O) groups excluding carboxylic acids is 2. The van der Waals surface area contributed by atoms with Crippen LogP contribution in [-0.2, 0) is 32.6 Å². The fourth-order valence-corrected chi connectivity index (χ4v) is 6.46. The molecule has 0 spiro atoms. The van der Waals surface area contributed by atoms with Crippen molar-refractivity contribution in [2.24, 2.45) is 0 Å². The number of carbonyl (C=O) groups is 2. The maximum absolute atomic E-state index is 14.4. The molecule has 4 aromatic rings. The predicted molar refractivity (Wildman–Crippen MR) is 176 cm³/mol. The summed E-state index contributed by atoms with van der Waals surface area (Å²) < 4.78 is 29.1. The first-order chi connectivity index (χ1) is 21.0. The Hall–Kier alpha value is -3.85. The SMILES string of the molecule is Cc1ccc(S(=O)(=O)N(CC(=O)N(Cc2ccc(Cl)c(Cl)c2)[C@H](Cc2ccccc2)C(=O)NC(C)C)c2ccccc2)cc1. The molecule has 44 heavy (non-hydrogen) atoms. The lowest BCUT2D eigenvalue weighted by Crippen LogP contribution is -2.54. The van der Waals surface area contributed by atoms with E-state index < -0.39 is 28.5 Å². The van der Waals surface area contributed by atoms with Gasteiger partial charge in [0.15, 0.2) is 0 Å². The van der Waals surface area contributed by atoms with Crippen LogP contribution >= 0.6 is 23.2 Å². The smallest absolute Gasteiger partial charge is 0.264 e. The summed E-state index contributed by atoms with van der Waals surface area (Å²) in [5.41, 5.74) is 2.70. The van der Waals surface area contributed by atoms with Crippen LogP contribution in [0.4, 0.5) is 5.69 Å². The van der Waals surface area contributed by atoms with Gasteiger partial charge in [-0.1, -0.05) is 95.5 Å². The highest BCUT2D eigenvalue weighted by molar-refractivity contribution is 7.92. The molecule has 0 fully saturated rings. The van der Waals surface area contributed by atoms with Gasteiger partial charge in [0.1, 0.15) is 12.6 Å². The van der Waals surface area contributed by atoms with Crippen LogP contribution in [0.2, 0.25) is 10.0 Å². The quantitative estimate of drug-likeness (QED) is 0.186. The highest BCUT2D eigenvalue weighted by Crippen LogP contribution is 2.27. The molecule has 230 valence electrons. The van der Waals surface area contributed by atoms with Crippen molar-refractivity contribution in [2.75, 3.05) is 10.8 Å². The van der Waals surface area contributed by atoms with Gasteiger partial charge in [-0.2, -0.15) is 0 Å². The van der Waals surface area contributed by atoms with Crippen LogP contribution in [0.3, 0.4) is 0 Å². The zero-order valence-corrected chi connectivity index (χ0v) is 27.1. The van der Waals surface area contributed by atoms with E-state index in [1.54, 1.807) is 60.7 Å². The average Bonchev–Trinajstić information content (AvgIpc) is 3.00. The van der Waals surface area contributed by atoms with Crippen molar-refractivity contribution in [3.63, 3.8) is 0 Å². The minimum absolute atomic E-state index is 0.00799. The van der Waals surface area contributed by atoms with Gasteiger partial charge >= 0.3 is 0 Å². The highest BCUT2D eigenvalue weighted by Gasteiger charge is 2.34. The Balaban J connectivity index is 1.80. The number of aryl methyl sites for hydroxylation is 1. The number of para-hydroxylation sites is 1. The lowest BCUT2D eigenvalue weighted by atomic mass is 10.0. The minimum atomic E-state index is -4.16. The van der Waals surface area contributed by atoms with Crippen LogP contribution < -0.4 is 9.62 Å². The Labute approximate surface area is 269 Å². The van der Waals surface area contributed by atoms with Crippen molar-refractivity contribution in [1.29, 1.82) is 0 Å². The lowest BCUT2D eigenvalue weighted by Gasteiger charge is -2.34. The fourth-order valence-electron chi connectivity index (χ4n) is 4.73. The van der Waals surface area contributed by atoms with E-state index in [0.29, 0.717) is 21.3 Å². The predicted octanol–water partition coefficient (Wildman–Crippen LogP) is 6.66. The van der Waals surface area contributed by atoms with Gasteiger partial charge in [-0.25, -0.2) is 8.42 Å². The Bertz CT molecular complexity index is 1680. The molecule has 1 atom stereocenters. The van der Waals surface area contributed by atoms with Crippen LogP contribution in [0.25, 0.3) is 0 Å². The lowest BCUT2D eigenvalue weighted by molar-refractivity contribution is -0.140. The summed E-state index contributed by atoms with van der Waals surface area (Å²) in [7, 11) is -4.16. The highest BCUT2D eigenvalue weighted by atomic mass is 35.5. The molecule has 7 nitrogen and oxygen atoms in total. The Morgan fingerprint density at radius 1 is 0.795 bits per heavy atom. The maximum Gasteiger partial charge on any atom is 0.264 e. The van der Waals surface area contributed by atoms with Gasteiger partial charge in [-0.3, -0.25) is 13.9 Å². The van der Waals surface area contributed by atoms with E-state index in [2.05, 4.69) is 5.32 Å². The molecule has 0 radical (unpaired) electrons. The van der Waals surface area contributed by atoms with Crippen LogP contribution in [0.1, 0.15) is 30.5 Å². The number of halogens is 2. The molecule has 0 aliphatic carbocycles. The summed E-state index contributed by atoms with van der Waals surface area (Å²) in [6.45, 7) is 5.00. The second kappa shape index (κ2) is 14.8. The molecule has 0 aliphatic rings. The third-order valence-corrected chi connectivity index (χ3v) is 9.50. The summed E-state index contributed by atoms with van der Waals surface area (Å²) >= 11 is 12.5. The first-order valence-corrected chi connectivity index (χ1v) is 16.4. The summed E-state index contributed by atoms with van der Waals surface area (Å²) in [6, 6.07) is 28.1. The zero-order valence-electron chi connectivity index (χ0n) is 24.8. The topological polar surface area (TPSA) is 86.8 Å². The number of rotatable bonds is 12. The number of benzene rings is 4. The summed E-state index contributed by atoms with van der Waals surface area (Å²) in [6.07, 6.45) is 0.211. The molecule has 1 N–H and O–H groups in total. The number of hydrogen-bond acceptors (Lipinski definition) is 4. The molecule has 0 aromatic heterocycles. The van der Waals surface area contributed by atoms with Gasteiger partial charge in [0.25, 0.3) is 10.0 Å². The second-order valence-corrected chi connectivity index (χ2v) is 13.5. The fraction of sp³-hybridized carbons (Fsp3) is 0.235. The molecule has 0 saturated heterocycles. The van der Waals surface area contributed by atoms with Crippen LogP contribution in [-0.4, -0.2) is 43.8 Å². The van der Waals surface area contributed by atoms with Gasteiger partial charge in [-0.05, 0) is 68.3 Å². The number of nitrogens with zero attached hydrogens (tertiary/aromatic N) is 2. The van der Waals surface area contributed by atoms with E-state index in [1.165, 1.54) is 17.0 Å². The first kappa shape index (κ1) is 33.1. The van der Waals surface area contributed by atoms with Crippen LogP contribution in [0, 0.1) is 6.92 Å². The van der Waals surface area contributed by atoms with Crippen LogP contribution in [0.15, 0.2) is 108 Å². The molecular formula is C34H35Cl2N3O4S. The minimum Gasteiger partial charge on any atom is -0.352 e. The third kappa shape index (κ3) is 8.40. The van der Waals surface area contributed by atoms with E-state index in [1.807, 2.05) is 51.1 Å². The summed E-state index contributed by atoms with van der Waals surface area (Å²) in [5.74, 6) is -0.916. The number of amides is 2. The van der Waals surface area contributed by atoms with Crippen LogP contribution in [0.5, 0.6) is 0 Å². The maximum atomic E-state index is 14.4. The van der Waals surface area contributed by atoms with Crippen molar-refractivity contribution in [3.05, 3.63) is 130 Å². The molecule has 10 heteroatoms. The summed E-state index contributed by atoms with van der Waals surface area (Å²) in [5, 5.41) is 3.59. The van der Waals surface area contributed by atoms with E-state index in [4.69, 9.17) is 23.2 Å². The van der Waals surface area contributed by atoms with Gasteiger partial charge in [0.2, 0.25) is 11.8 Å². The Morgan fingerprint density at radius 2 is 1.41 bits per heavy atom. The molecule has 0 aliphatic heterocycles. The molecule has 0 unspecified atom stereocenters. The van der Waals surface area contributed by atoms with Gasteiger partial charge in [0.05, 0.1) is 20.6 Å². The van der Waals surface area contributed by atoms with Gasteiger partial charge in [-0.15, -0.1) is 0 Å². The molecule has 4 aromatic carbocycles. The molecular weight excluding hydrogens is 617 g/mol. The van der Waals surface area contributed by atoms with E-state index in [0.717, 1.165) is 15.4 Å². The van der Waals surface area contributed by atoms with Crippen molar-refractivity contribution in [3.8, 4) is 0 Å². The normalized spacial score (nSPS) is 12.0. The van der Waals surface area contributed by atoms with E-state index in [9.17, 15) is 18.0 Å². The van der Waals surface area contributed by atoms with Crippen molar-refractivity contribution in [2.45, 2.75) is 50.7 Å². The largest absolute Gasteiger partial charge is 0.352 e. The van der Waals surface area contributed by atoms with Crippen molar-refractivity contribution < 1.29 is 18.0 Å². The summed E-state index contributed by atoms with van der Waals surface area (Å²) in [4.78, 5) is 29.6. The number of hydrogen-bond donors (Lipinski definition) is 1. The Morgan fingerprint density at radius 3 is 2.00 bits per heavy atom. The van der Waals surface area contributed by atoms with Gasteiger partial charge < -0.3 is 10.2 Å². The average molecular weight is 653 g/mol. The van der Waals surface area contributed by atoms with Gasteiger partial charge in [0, 0.05) is 19.0 Å². The Kier molecular flexibility index (Phi) is 11.1. The number of nitrogens with one attached hydrogen (secondary N) is 1. The standard InChI is InChI=1S/C34H35Cl2N3O4S/c1-24(2)37-34(41)32(21-26-10-6-4-7-11-26)38(22-27-16-19-30(35)31(36)20-27)33(40)23-39(28-12-8-5-9-13-28)44(42,43)29-17-14-25(3)15-18-29/h4-20,24,32H,21-23H2,1-3H3,(H,37,41)/t32-/m1/s1. The molecule has 0 heterocycles. The zero-order chi connectivity index (χ0) is 31.9. The number of anilines is 1.